The molecular weight excluding hydrogens is 186 g/mol. The first-order chi connectivity index (χ1) is 7.20. The zero-order chi connectivity index (χ0) is 10.8. The van der Waals surface area contributed by atoms with E-state index in [1.807, 2.05) is 18.2 Å². The number of anilines is 1. The number of ketones is 1. The summed E-state index contributed by atoms with van der Waals surface area (Å²) in [4.78, 5) is 13.8. The normalized spacial score (nSPS) is 20.7. The van der Waals surface area contributed by atoms with E-state index >= 15 is 0 Å². The minimum Gasteiger partial charge on any atom is -0.368 e. The number of benzene rings is 1. The summed E-state index contributed by atoms with van der Waals surface area (Å²) < 4.78 is 0. The first-order valence-electron chi connectivity index (χ1n) is 5.57. The number of hydrogen-bond acceptors (Lipinski definition) is 2. The van der Waals surface area contributed by atoms with Crippen molar-refractivity contribution in [2.45, 2.75) is 32.7 Å². The minimum atomic E-state index is 0.157. The zero-order valence-electron chi connectivity index (χ0n) is 9.36. The van der Waals surface area contributed by atoms with E-state index < -0.39 is 0 Å². The molecule has 2 rings (SSSR count). The lowest BCUT2D eigenvalue weighted by Crippen LogP contribution is -2.27. The van der Waals surface area contributed by atoms with E-state index in [0.29, 0.717) is 6.04 Å². The topological polar surface area (TPSA) is 20.3 Å². The average Bonchev–Trinajstić information content (AvgIpc) is 2.64. The predicted octanol–water partition coefficient (Wildman–Crippen LogP) is 2.88. The van der Waals surface area contributed by atoms with Crippen LogP contribution in [0.2, 0.25) is 0 Å². The van der Waals surface area contributed by atoms with E-state index in [-0.39, 0.29) is 5.78 Å². The van der Waals surface area contributed by atoms with Crippen molar-refractivity contribution in [3.63, 3.8) is 0 Å². The predicted molar refractivity (Wildman–Crippen MR) is 62.5 cm³/mol. The van der Waals surface area contributed by atoms with Gasteiger partial charge in [-0.25, -0.2) is 0 Å². The highest BCUT2D eigenvalue weighted by atomic mass is 16.1. The van der Waals surface area contributed by atoms with Crippen molar-refractivity contribution in [3.05, 3.63) is 29.8 Å². The Kier molecular flexibility index (Phi) is 2.76. The van der Waals surface area contributed by atoms with Crippen molar-refractivity contribution in [2.24, 2.45) is 0 Å². The Labute approximate surface area is 90.9 Å². The van der Waals surface area contributed by atoms with Crippen molar-refractivity contribution < 1.29 is 4.79 Å². The van der Waals surface area contributed by atoms with E-state index in [9.17, 15) is 4.79 Å². The molecule has 1 aliphatic heterocycles. The lowest BCUT2D eigenvalue weighted by Gasteiger charge is -2.25. The van der Waals surface area contributed by atoms with Crippen LogP contribution in [-0.2, 0) is 0 Å². The highest BCUT2D eigenvalue weighted by Crippen LogP contribution is 2.28. The number of para-hydroxylation sites is 1. The van der Waals surface area contributed by atoms with Crippen LogP contribution in [0.3, 0.4) is 0 Å². The van der Waals surface area contributed by atoms with Gasteiger partial charge in [-0.2, -0.15) is 0 Å². The van der Waals surface area contributed by atoms with E-state index in [1.54, 1.807) is 6.92 Å². The smallest absolute Gasteiger partial charge is 0.161 e. The number of carbonyl (C=O) groups excluding carboxylic acids is 1. The second-order valence-electron chi connectivity index (χ2n) is 4.26. The van der Waals surface area contributed by atoms with Crippen molar-refractivity contribution >= 4 is 11.5 Å². The Hall–Kier alpha value is -1.31. The molecule has 1 aromatic carbocycles. The summed E-state index contributed by atoms with van der Waals surface area (Å²) in [6.45, 7) is 4.94. The molecule has 0 spiro atoms. The van der Waals surface area contributed by atoms with E-state index in [1.165, 1.54) is 12.8 Å². The van der Waals surface area contributed by atoms with Gasteiger partial charge < -0.3 is 4.90 Å². The van der Waals surface area contributed by atoms with Crippen LogP contribution in [0.4, 0.5) is 5.69 Å². The van der Waals surface area contributed by atoms with Gasteiger partial charge >= 0.3 is 0 Å². The van der Waals surface area contributed by atoms with Gasteiger partial charge in [0, 0.05) is 23.8 Å². The summed E-state index contributed by atoms with van der Waals surface area (Å²) in [6.07, 6.45) is 2.46. The van der Waals surface area contributed by atoms with Gasteiger partial charge in [0.25, 0.3) is 0 Å². The summed E-state index contributed by atoms with van der Waals surface area (Å²) in [7, 11) is 0. The quantitative estimate of drug-likeness (QED) is 0.689. The first-order valence-corrected chi connectivity index (χ1v) is 5.57. The molecule has 80 valence electrons. The van der Waals surface area contributed by atoms with Gasteiger partial charge in [0.2, 0.25) is 0 Å². The largest absolute Gasteiger partial charge is 0.368 e. The second kappa shape index (κ2) is 4.05. The van der Waals surface area contributed by atoms with Crippen molar-refractivity contribution in [1.29, 1.82) is 0 Å². The monoisotopic (exact) mass is 203 g/mol. The number of carbonyl (C=O) groups is 1. The van der Waals surface area contributed by atoms with Crippen LogP contribution in [0.15, 0.2) is 24.3 Å². The van der Waals surface area contributed by atoms with Crippen LogP contribution in [0.1, 0.15) is 37.0 Å². The third kappa shape index (κ3) is 1.89. The summed E-state index contributed by atoms with van der Waals surface area (Å²) in [5, 5.41) is 0. The van der Waals surface area contributed by atoms with Crippen LogP contribution in [-0.4, -0.2) is 18.4 Å². The van der Waals surface area contributed by atoms with Crippen LogP contribution in [0.25, 0.3) is 0 Å². The van der Waals surface area contributed by atoms with Crippen molar-refractivity contribution in [2.75, 3.05) is 11.4 Å². The molecule has 0 aliphatic carbocycles. The molecule has 0 radical (unpaired) electrons. The molecule has 1 atom stereocenters. The van der Waals surface area contributed by atoms with Crippen LogP contribution in [0.5, 0.6) is 0 Å². The average molecular weight is 203 g/mol. The van der Waals surface area contributed by atoms with Crippen molar-refractivity contribution in [1.82, 2.24) is 0 Å². The van der Waals surface area contributed by atoms with Crippen LogP contribution in [0, 0.1) is 0 Å². The summed E-state index contributed by atoms with van der Waals surface area (Å²) >= 11 is 0. The molecular formula is C13H17NO. The molecule has 15 heavy (non-hydrogen) atoms. The molecule has 1 heterocycles. The third-order valence-electron chi connectivity index (χ3n) is 3.15. The Morgan fingerprint density at radius 2 is 2.13 bits per heavy atom. The zero-order valence-corrected chi connectivity index (χ0v) is 9.36. The lowest BCUT2D eigenvalue weighted by atomic mass is 10.1. The molecule has 0 N–H and O–H groups in total. The number of Topliss-reactive ketones (excluding diaryl/α,β-unsaturated/α-hetero) is 1. The highest BCUT2D eigenvalue weighted by molar-refractivity contribution is 5.99. The molecule has 0 aromatic heterocycles. The van der Waals surface area contributed by atoms with Crippen LogP contribution < -0.4 is 4.90 Å². The number of nitrogens with zero attached hydrogens (tertiary/aromatic N) is 1. The fourth-order valence-electron chi connectivity index (χ4n) is 2.31. The molecule has 2 nitrogen and oxygen atoms in total. The maximum Gasteiger partial charge on any atom is 0.161 e. The van der Waals surface area contributed by atoms with E-state index in [2.05, 4.69) is 17.9 Å². The molecule has 2 heteroatoms. The Morgan fingerprint density at radius 1 is 1.40 bits per heavy atom. The first kappa shape index (κ1) is 10.2. The Balaban J connectivity index is 2.38. The summed E-state index contributed by atoms with van der Waals surface area (Å²) in [5.74, 6) is 0.157. The molecule has 1 aromatic rings. The Morgan fingerprint density at radius 3 is 2.73 bits per heavy atom. The standard InChI is InChI=1S/C13H17NO/c1-10-6-5-9-14(10)13-8-4-3-7-12(13)11(2)15/h3-4,7-8,10H,5-6,9H2,1-2H3. The van der Waals surface area contributed by atoms with Gasteiger partial charge in [-0.1, -0.05) is 12.1 Å². The molecule has 1 unspecified atom stereocenters. The Bertz CT molecular complexity index is 373. The summed E-state index contributed by atoms with van der Waals surface area (Å²) in [5.41, 5.74) is 1.96. The molecule has 1 fully saturated rings. The number of hydrogen-bond donors (Lipinski definition) is 0. The fraction of sp³-hybridized carbons (Fsp3) is 0.462. The highest BCUT2D eigenvalue weighted by Gasteiger charge is 2.23. The molecule has 0 amide bonds. The number of rotatable bonds is 2. The van der Waals surface area contributed by atoms with Gasteiger partial charge in [-0.15, -0.1) is 0 Å². The van der Waals surface area contributed by atoms with Gasteiger partial charge in [-0.05, 0) is 38.8 Å². The maximum atomic E-state index is 11.5. The molecule has 0 saturated carbocycles. The maximum absolute atomic E-state index is 11.5. The fourth-order valence-corrected chi connectivity index (χ4v) is 2.31. The lowest BCUT2D eigenvalue weighted by molar-refractivity contribution is 0.101. The van der Waals surface area contributed by atoms with Gasteiger partial charge in [0.1, 0.15) is 0 Å². The minimum absolute atomic E-state index is 0.157. The van der Waals surface area contributed by atoms with Crippen LogP contribution >= 0.6 is 0 Å². The summed E-state index contributed by atoms with van der Waals surface area (Å²) in [6, 6.07) is 8.47. The molecule has 1 saturated heterocycles. The van der Waals surface area contributed by atoms with Gasteiger partial charge in [0.15, 0.2) is 5.78 Å². The van der Waals surface area contributed by atoms with Gasteiger partial charge in [-0.3, -0.25) is 4.79 Å². The third-order valence-corrected chi connectivity index (χ3v) is 3.15. The van der Waals surface area contributed by atoms with Crippen molar-refractivity contribution in [3.8, 4) is 0 Å². The SMILES string of the molecule is CC(=O)c1ccccc1N1CCCC1C. The molecule has 0 bridgehead atoms. The van der Waals surface area contributed by atoms with E-state index in [0.717, 1.165) is 17.8 Å². The van der Waals surface area contributed by atoms with Gasteiger partial charge in [0.05, 0.1) is 0 Å². The van der Waals surface area contributed by atoms with E-state index in [4.69, 9.17) is 0 Å². The molecule has 1 aliphatic rings. The second-order valence-corrected chi connectivity index (χ2v) is 4.26.